The van der Waals surface area contributed by atoms with Gasteiger partial charge in [0.1, 0.15) is 17.3 Å². The predicted octanol–water partition coefficient (Wildman–Crippen LogP) is 6.86. The smallest absolute Gasteiger partial charge is 0.384 e. The van der Waals surface area contributed by atoms with Gasteiger partial charge >= 0.3 is 6.18 Å². The zero-order chi connectivity index (χ0) is 31.8. The fourth-order valence-corrected chi connectivity index (χ4v) is 8.14. The van der Waals surface area contributed by atoms with Gasteiger partial charge in [0.25, 0.3) is 0 Å². The van der Waals surface area contributed by atoms with E-state index < -0.39 is 28.5 Å². The summed E-state index contributed by atoms with van der Waals surface area (Å²) in [6.45, 7) is 5.61. The molecule has 1 amide bonds. The van der Waals surface area contributed by atoms with Crippen LogP contribution in [0, 0.1) is 23.7 Å². The highest BCUT2D eigenvalue weighted by molar-refractivity contribution is 8.00. The number of alkyl halides is 3. The number of thioether (sulfide) groups is 1. The Bertz CT molecular complexity index is 1880. The molecule has 1 spiro atoms. The van der Waals surface area contributed by atoms with Gasteiger partial charge in [-0.15, -0.1) is 10.2 Å². The number of carbonyl (C=O) groups excluding carboxylic acids is 2. The minimum absolute atomic E-state index is 0.0575. The number of nitrogens with zero attached hydrogens (tertiary/aromatic N) is 4. The summed E-state index contributed by atoms with van der Waals surface area (Å²) in [4.78, 5) is 29.6. The molecular weight excluding hydrogens is 633 g/mol. The normalized spacial score (nSPS) is 21.0. The van der Waals surface area contributed by atoms with Crippen LogP contribution in [-0.4, -0.2) is 21.9 Å². The van der Waals surface area contributed by atoms with E-state index in [9.17, 15) is 28.0 Å². The number of rotatable bonds is 4. The largest absolute Gasteiger partial charge is 0.416 e. The van der Waals surface area contributed by atoms with Gasteiger partial charge in [-0.25, -0.2) is 0 Å². The monoisotopic (exact) mass is 656 g/mol. The molecule has 0 unspecified atom stereocenters. The summed E-state index contributed by atoms with van der Waals surface area (Å²) in [6, 6.07) is 10.5. The molecule has 0 saturated heterocycles. The molecule has 3 heterocycles. The van der Waals surface area contributed by atoms with E-state index in [1.807, 2.05) is 13.8 Å². The maximum absolute atomic E-state index is 14.0. The first kappa shape index (κ1) is 30.2. The Morgan fingerprint density at radius 3 is 2.66 bits per heavy atom. The van der Waals surface area contributed by atoms with Gasteiger partial charge in [-0.05, 0) is 42.0 Å². The van der Waals surface area contributed by atoms with Crippen LogP contribution in [-0.2, 0) is 26.9 Å². The summed E-state index contributed by atoms with van der Waals surface area (Å²) >= 11 is 8.68. The summed E-state index contributed by atoms with van der Waals surface area (Å²) in [7, 11) is 0. The maximum atomic E-state index is 14.0. The number of ketones is 1. The third-order valence-electron chi connectivity index (χ3n) is 8.07. The molecule has 44 heavy (non-hydrogen) atoms. The standard InChI is InChI=1S/C30H24ClF3N6O2S2/c1-14-19(31)8-7-17-23(14)37-25(42)29(17)18(12-35)24(36)40(20-10-28(2,3)11-21(41)22(20)29)26-38-39-27(44-26)43-13-15-5-4-6-16(9-15)30(32,33)34/h4-9H,10-11,13,36H2,1-3H3,(H,37,42)/t29-/m0/s1. The van der Waals surface area contributed by atoms with Gasteiger partial charge in [-0.1, -0.05) is 72.8 Å². The molecule has 6 rings (SSSR count). The first-order valence-corrected chi connectivity index (χ1v) is 15.6. The molecule has 226 valence electrons. The van der Waals surface area contributed by atoms with Crippen molar-refractivity contribution in [2.45, 2.75) is 55.3 Å². The predicted molar refractivity (Wildman–Crippen MR) is 162 cm³/mol. The van der Waals surface area contributed by atoms with Crippen LogP contribution in [0.3, 0.4) is 0 Å². The molecule has 1 aliphatic carbocycles. The Hall–Kier alpha value is -3.86. The van der Waals surface area contributed by atoms with Crippen molar-refractivity contribution in [1.82, 2.24) is 10.2 Å². The molecule has 1 aromatic heterocycles. The van der Waals surface area contributed by atoms with Crippen LogP contribution >= 0.6 is 34.7 Å². The molecule has 2 aliphatic heterocycles. The number of halogens is 4. The number of nitrogens with two attached hydrogens (primary N) is 1. The molecule has 0 saturated carbocycles. The third kappa shape index (κ3) is 4.58. The molecule has 1 atom stereocenters. The lowest BCUT2D eigenvalue weighted by Gasteiger charge is -2.45. The highest BCUT2D eigenvalue weighted by atomic mass is 35.5. The zero-order valence-corrected chi connectivity index (χ0v) is 26.0. The molecule has 0 fully saturated rings. The van der Waals surface area contributed by atoms with Crippen molar-refractivity contribution in [2.24, 2.45) is 11.1 Å². The second-order valence-corrected chi connectivity index (χ2v) is 14.2. The Balaban J connectivity index is 1.46. The highest BCUT2D eigenvalue weighted by Crippen LogP contribution is 2.58. The molecule has 0 radical (unpaired) electrons. The van der Waals surface area contributed by atoms with E-state index >= 15 is 0 Å². The van der Waals surface area contributed by atoms with E-state index in [1.54, 1.807) is 25.1 Å². The lowest BCUT2D eigenvalue weighted by molar-refractivity contribution is -0.137. The van der Waals surface area contributed by atoms with Crippen molar-refractivity contribution in [3.8, 4) is 6.07 Å². The second kappa shape index (κ2) is 10.4. The minimum atomic E-state index is -4.46. The van der Waals surface area contributed by atoms with Gasteiger partial charge in [0.2, 0.25) is 11.0 Å². The number of nitriles is 1. The van der Waals surface area contributed by atoms with Gasteiger partial charge < -0.3 is 11.1 Å². The summed E-state index contributed by atoms with van der Waals surface area (Å²) in [5.74, 6) is -0.708. The van der Waals surface area contributed by atoms with Crippen molar-refractivity contribution < 1.29 is 22.8 Å². The van der Waals surface area contributed by atoms with Crippen molar-refractivity contribution in [1.29, 1.82) is 5.26 Å². The molecular formula is C30H24ClF3N6O2S2. The van der Waals surface area contributed by atoms with Gasteiger partial charge in [0.05, 0.1) is 16.8 Å². The van der Waals surface area contributed by atoms with E-state index in [1.165, 1.54) is 22.7 Å². The fourth-order valence-electron chi connectivity index (χ4n) is 6.16. The number of Topliss-reactive ketones (excluding diaryl/α,β-unsaturated/α-hetero) is 1. The van der Waals surface area contributed by atoms with Gasteiger partial charge in [-0.2, -0.15) is 18.4 Å². The van der Waals surface area contributed by atoms with Crippen molar-refractivity contribution in [3.05, 3.63) is 86.3 Å². The third-order valence-corrected chi connectivity index (χ3v) is 10.6. The SMILES string of the molecule is Cc1c(Cl)ccc2c1NC(=O)[C@]21C(C#N)=C(N)N(c2nnc(SCc3cccc(C(F)(F)F)c3)s2)C2=C1C(=O)CC(C)(C)C2. The summed E-state index contributed by atoms with van der Waals surface area (Å²) in [5, 5.41) is 22.6. The second-order valence-electron chi connectivity index (χ2n) is 11.6. The molecule has 0 bridgehead atoms. The van der Waals surface area contributed by atoms with Crippen LogP contribution in [0.15, 0.2) is 63.4 Å². The van der Waals surface area contributed by atoms with Crippen molar-refractivity contribution >= 4 is 57.2 Å². The maximum Gasteiger partial charge on any atom is 0.416 e. The summed E-state index contributed by atoms with van der Waals surface area (Å²) < 4.78 is 40.0. The first-order valence-electron chi connectivity index (χ1n) is 13.4. The van der Waals surface area contributed by atoms with Crippen LogP contribution in [0.5, 0.6) is 0 Å². The molecule has 14 heteroatoms. The Kier molecular flexibility index (Phi) is 7.10. The van der Waals surface area contributed by atoms with Crippen LogP contribution in [0.2, 0.25) is 5.02 Å². The van der Waals surface area contributed by atoms with Crippen molar-refractivity contribution in [3.63, 3.8) is 0 Å². The quantitative estimate of drug-likeness (QED) is 0.292. The zero-order valence-electron chi connectivity index (χ0n) is 23.6. The summed E-state index contributed by atoms with van der Waals surface area (Å²) in [5.41, 5.74) is 6.15. The first-order chi connectivity index (χ1) is 20.7. The number of nitrogens with one attached hydrogen (secondary N) is 1. The number of hydrogen-bond acceptors (Lipinski definition) is 9. The lowest BCUT2D eigenvalue weighted by atomic mass is 9.61. The summed E-state index contributed by atoms with van der Waals surface area (Å²) in [6.07, 6.45) is -3.97. The number of fused-ring (bicyclic) bond motifs is 3. The van der Waals surface area contributed by atoms with Crippen LogP contribution in [0.4, 0.5) is 24.0 Å². The highest BCUT2D eigenvalue weighted by Gasteiger charge is 2.61. The fraction of sp³-hybridized carbons (Fsp3) is 0.300. The lowest BCUT2D eigenvalue weighted by Crippen LogP contribution is -2.52. The van der Waals surface area contributed by atoms with Gasteiger partial charge in [-0.3, -0.25) is 14.5 Å². The van der Waals surface area contributed by atoms with Gasteiger partial charge in [0.15, 0.2) is 10.1 Å². The Labute approximate surface area is 263 Å². The number of hydrogen-bond donors (Lipinski definition) is 2. The topological polar surface area (TPSA) is 125 Å². The number of allylic oxidation sites excluding steroid dienone is 1. The van der Waals surface area contributed by atoms with E-state index in [0.717, 1.165) is 23.5 Å². The number of anilines is 2. The number of amides is 1. The van der Waals surface area contributed by atoms with Crippen LogP contribution in [0.25, 0.3) is 0 Å². The van der Waals surface area contributed by atoms with Crippen LogP contribution in [0.1, 0.15) is 48.9 Å². The average Bonchev–Trinajstić information content (AvgIpc) is 3.52. The Morgan fingerprint density at radius 2 is 1.95 bits per heavy atom. The minimum Gasteiger partial charge on any atom is -0.384 e. The molecule has 2 aromatic carbocycles. The van der Waals surface area contributed by atoms with E-state index in [-0.39, 0.29) is 40.1 Å². The molecule has 3 N–H and O–H groups in total. The Morgan fingerprint density at radius 1 is 1.20 bits per heavy atom. The van der Waals surface area contributed by atoms with E-state index in [4.69, 9.17) is 17.3 Å². The van der Waals surface area contributed by atoms with Crippen LogP contribution < -0.4 is 16.0 Å². The molecule has 8 nitrogen and oxygen atoms in total. The number of carbonyl (C=O) groups is 2. The number of benzene rings is 2. The molecule has 3 aromatic rings. The van der Waals surface area contributed by atoms with E-state index in [0.29, 0.717) is 43.9 Å². The number of aromatic nitrogens is 2. The van der Waals surface area contributed by atoms with Gasteiger partial charge in [0, 0.05) is 34.0 Å². The molecule has 3 aliphatic rings. The van der Waals surface area contributed by atoms with Crippen molar-refractivity contribution in [2.75, 3.05) is 10.2 Å². The van der Waals surface area contributed by atoms with E-state index in [2.05, 4.69) is 21.6 Å². The average molecular weight is 657 g/mol.